The van der Waals surface area contributed by atoms with Gasteiger partial charge in [-0.05, 0) is 7.05 Å². The molecule has 1 aliphatic rings. The van der Waals surface area contributed by atoms with Gasteiger partial charge in [-0.15, -0.1) is 0 Å². The number of likely N-dealkylation sites (N-methyl/N-ethyl adjacent to an activating group) is 1. The van der Waals surface area contributed by atoms with Gasteiger partial charge in [0.05, 0.1) is 0 Å². The number of hydrogen-bond acceptors (Lipinski definition) is 4. The van der Waals surface area contributed by atoms with E-state index in [9.17, 15) is 13.6 Å². The van der Waals surface area contributed by atoms with Crippen molar-refractivity contribution >= 4 is 17.0 Å². The molecule has 0 radical (unpaired) electrons. The average Bonchev–Trinajstić information content (AvgIpc) is 2.15. The van der Waals surface area contributed by atoms with Crippen molar-refractivity contribution in [1.29, 1.82) is 0 Å². The second kappa shape index (κ2) is 5.43. The average molecular weight is 219 g/mol. The van der Waals surface area contributed by atoms with Crippen molar-refractivity contribution in [2.45, 2.75) is 6.42 Å². The van der Waals surface area contributed by atoms with Crippen molar-refractivity contribution < 1.29 is 13.6 Å². The molecule has 0 saturated carbocycles. The number of piperazine rings is 1. The molecule has 0 aromatic heterocycles. The number of carbonyl (C=O) groups is 1. The van der Waals surface area contributed by atoms with E-state index in [1.165, 1.54) is 0 Å². The third-order valence-corrected chi connectivity index (χ3v) is 2.88. The summed E-state index contributed by atoms with van der Waals surface area (Å²) < 4.78 is 20.5. The van der Waals surface area contributed by atoms with Crippen LogP contribution in [0.15, 0.2) is 0 Å². The highest BCUT2D eigenvalue weighted by Crippen LogP contribution is 2.01. The van der Waals surface area contributed by atoms with E-state index in [1.54, 1.807) is 4.90 Å². The predicted octanol–water partition coefficient (Wildman–Crippen LogP) is -0.970. The summed E-state index contributed by atoms with van der Waals surface area (Å²) in [6.07, 6.45) is 0.111. The van der Waals surface area contributed by atoms with Gasteiger partial charge in [-0.3, -0.25) is 9.00 Å². The Morgan fingerprint density at radius 3 is 2.43 bits per heavy atom. The molecule has 1 heterocycles. The zero-order valence-corrected chi connectivity index (χ0v) is 9.09. The van der Waals surface area contributed by atoms with Crippen molar-refractivity contribution in [3.8, 4) is 0 Å². The maximum absolute atomic E-state index is 11.4. The first kappa shape index (κ1) is 11.6. The fraction of sp³-hybridized carbons (Fsp3) is 0.875. The quantitative estimate of drug-likeness (QED) is 0.573. The highest BCUT2D eigenvalue weighted by molar-refractivity contribution is 7.79. The Balaban J connectivity index is 2.27. The summed E-state index contributed by atoms with van der Waals surface area (Å²) in [6.45, 7) is 3.15. The van der Waals surface area contributed by atoms with Crippen LogP contribution in [0.25, 0.3) is 0 Å². The molecule has 1 fully saturated rings. The molecule has 0 aromatic carbocycles. The van der Waals surface area contributed by atoms with Crippen molar-refractivity contribution in [2.24, 2.45) is 0 Å². The Labute approximate surface area is 86.3 Å². The van der Waals surface area contributed by atoms with Crippen LogP contribution in [0.5, 0.6) is 0 Å². The van der Waals surface area contributed by atoms with Crippen LogP contribution in [-0.2, 0) is 15.9 Å². The lowest BCUT2D eigenvalue weighted by Gasteiger charge is -2.32. The molecule has 5 nitrogen and oxygen atoms in total. The SMILES string of the molecule is CN1CCN(C(=O)CCS(=O)[O-])CC1. The van der Waals surface area contributed by atoms with E-state index in [0.717, 1.165) is 13.1 Å². The Hall–Kier alpha value is -0.460. The van der Waals surface area contributed by atoms with Gasteiger partial charge in [0, 0.05) is 38.4 Å². The van der Waals surface area contributed by atoms with E-state index < -0.39 is 11.1 Å². The number of hydrogen-bond donors (Lipinski definition) is 0. The molecule has 1 saturated heterocycles. The van der Waals surface area contributed by atoms with Crippen LogP contribution < -0.4 is 0 Å². The standard InChI is InChI=1S/C8H16N2O3S/c1-9-3-5-10(6-4-9)8(11)2-7-14(12)13/h2-7H2,1H3,(H,12,13)/p-1. The van der Waals surface area contributed by atoms with Crippen molar-refractivity contribution in [2.75, 3.05) is 39.0 Å². The van der Waals surface area contributed by atoms with E-state index in [0.29, 0.717) is 13.1 Å². The van der Waals surface area contributed by atoms with Gasteiger partial charge in [-0.25, -0.2) is 0 Å². The fourth-order valence-corrected chi connectivity index (χ4v) is 1.73. The van der Waals surface area contributed by atoms with Crippen LogP contribution in [0.1, 0.15) is 6.42 Å². The summed E-state index contributed by atoms with van der Waals surface area (Å²) >= 11 is -2.11. The van der Waals surface area contributed by atoms with Crippen LogP contribution in [0.2, 0.25) is 0 Å². The fourth-order valence-electron chi connectivity index (χ4n) is 1.38. The monoisotopic (exact) mass is 219 g/mol. The summed E-state index contributed by atoms with van der Waals surface area (Å²) in [5, 5.41) is 0. The minimum atomic E-state index is -2.11. The molecular weight excluding hydrogens is 204 g/mol. The molecule has 1 unspecified atom stereocenters. The molecule has 14 heavy (non-hydrogen) atoms. The Bertz CT molecular complexity index is 227. The summed E-state index contributed by atoms with van der Waals surface area (Å²) in [5.41, 5.74) is 0. The molecule has 0 spiro atoms. The summed E-state index contributed by atoms with van der Waals surface area (Å²) in [5.74, 6) is -0.118. The molecule has 6 heteroatoms. The Morgan fingerprint density at radius 2 is 1.93 bits per heavy atom. The smallest absolute Gasteiger partial charge is 0.223 e. The maximum atomic E-state index is 11.4. The van der Waals surface area contributed by atoms with E-state index in [2.05, 4.69) is 4.90 Å². The topological polar surface area (TPSA) is 63.7 Å². The van der Waals surface area contributed by atoms with Crippen molar-refractivity contribution in [1.82, 2.24) is 9.80 Å². The third-order valence-electron chi connectivity index (χ3n) is 2.34. The lowest BCUT2D eigenvalue weighted by Crippen LogP contribution is -2.47. The summed E-state index contributed by atoms with van der Waals surface area (Å²) in [7, 11) is 2.01. The predicted molar refractivity (Wildman–Crippen MR) is 52.5 cm³/mol. The summed E-state index contributed by atoms with van der Waals surface area (Å²) in [4.78, 5) is 15.3. The molecule has 0 aromatic rings. The van der Waals surface area contributed by atoms with Crippen LogP contribution in [0.4, 0.5) is 0 Å². The second-order valence-electron chi connectivity index (χ2n) is 3.44. The van der Waals surface area contributed by atoms with Crippen LogP contribution >= 0.6 is 0 Å². The molecule has 1 aliphatic heterocycles. The third kappa shape index (κ3) is 3.73. The maximum Gasteiger partial charge on any atom is 0.223 e. The van der Waals surface area contributed by atoms with Gasteiger partial charge in [-0.2, -0.15) is 0 Å². The molecule has 82 valence electrons. The lowest BCUT2D eigenvalue weighted by molar-refractivity contribution is -0.132. The second-order valence-corrected chi connectivity index (χ2v) is 4.46. The Morgan fingerprint density at radius 1 is 1.36 bits per heavy atom. The van der Waals surface area contributed by atoms with Gasteiger partial charge in [-0.1, -0.05) is 11.1 Å². The molecule has 0 aliphatic carbocycles. The van der Waals surface area contributed by atoms with E-state index >= 15 is 0 Å². The van der Waals surface area contributed by atoms with Crippen LogP contribution in [0, 0.1) is 0 Å². The minimum Gasteiger partial charge on any atom is -0.772 e. The lowest BCUT2D eigenvalue weighted by atomic mass is 10.3. The highest BCUT2D eigenvalue weighted by atomic mass is 32.2. The first-order valence-corrected chi connectivity index (χ1v) is 5.86. The first-order valence-electron chi connectivity index (χ1n) is 4.62. The largest absolute Gasteiger partial charge is 0.772 e. The number of nitrogens with zero attached hydrogens (tertiary/aromatic N) is 2. The number of amides is 1. The first-order chi connectivity index (χ1) is 6.59. The minimum absolute atomic E-state index is 0.0534. The zero-order valence-electron chi connectivity index (χ0n) is 8.27. The Kier molecular flexibility index (Phi) is 4.50. The van der Waals surface area contributed by atoms with Crippen LogP contribution in [-0.4, -0.2) is 63.4 Å². The van der Waals surface area contributed by atoms with Gasteiger partial charge < -0.3 is 14.4 Å². The molecular formula is C8H15N2O3S-. The van der Waals surface area contributed by atoms with Gasteiger partial charge in [0.15, 0.2) is 0 Å². The molecule has 1 amide bonds. The van der Waals surface area contributed by atoms with Gasteiger partial charge in [0.2, 0.25) is 5.91 Å². The van der Waals surface area contributed by atoms with Crippen LogP contribution in [0.3, 0.4) is 0 Å². The van der Waals surface area contributed by atoms with Crippen molar-refractivity contribution in [3.05, 3.63) is 0 Å². The number of carbonyl (C=O) groups excluding carboxylic acids is 1. The van der Waals surface area contributed by atoms with E-state index in [1.807, 2.05) is 7.05 Å². The number of rotatable bonds is 3. The zero-order chi connectivity index (χ0) is 10.6. The molecule has 0 bridgehead atoms. The molecule has 1 atom stereocenters. The highest BCUT2D eigenvalue weighted by Gasteiger charge is 2.18. The molecule has 1 rings (SSSR count). The molecule has 0 N–H and O–H groups in total. The normalized spacial score (nSPS) is 20.9. The van der Waals surface area contributed by atoms with E-state index in [4.69, 9.17) is 0 Å². The summed E-state index contributed by atoms with van der Waals surface area (Å²) in [6, 6.07) is 0. The van der Waals surface area contributed by atoms with E-state index in [-0.39, 0.29) is 18.1 Å². The van der Waals surface area contributed by atoms with Gasteiger partial charge in [0.25, 0.3) is 0 Å². The van der Waals surface area contributed by atoms with Gasteiger partial charge >= 0.3 is 0 Å². The van der Waals surface area contributed by atoms with Crippen molar-refractivity contribution in [3.63, 3.8) is 0 Å². The van der Waals surface area contributed by atoms with Gasteiger partial charge in [0.1, 0.15) is 0 Å².